The molecule has 0 bridgehead atoms. The first-order valence-electron chi connectivity index (χ1n) is 7.53. The van der Waals surface area contributed by atoms with Gasteiger partial charge in [-0.1, -0.05) is 23.7 Å². The molecule has 0 aliphatic rings. The highest BCUT2D eigenvalue weighted by molar-refractivity contribution is 7.99. The third kappa shape index (κ3) is 6.15. The van der Waals surface area contributed by atoms with E-state index >= 15 is 0 Å². The van der Waals surface area contributed by atoms with E-state index in [-0.39, 0.29) is 0 Å². The molecule has 0 saturated heterocycles. The standard InChI is InChI=1S/C18H19ClN4S/c1-21-18(23-13-15-4-2-14(12-20)3-5-15)22-10-11-24-17-8-6-16(19)7-9-17/h2-9H,10-11,13H2,1H3,(H2,21,22,23). The van der Waals surface area contributed by atoms with E-state index in [0.717, 1.165) is 28.8 Å². The van der Waals surface area contributed by atoms with Gasteiger partial charge in [-0.15, -0.1) is 11.8 Å². The molecule has 2 rings (SSSR count). The molecule has 124 valence electrons. The van der Waals surface area contributed by atoms with Crippen LogP contribution in [0.5, 0.6) is 0 Å². The molecule has 2 aromatic rings. The predicted octanol–water partition coefficient (Wildman–Crippen LogP) is 3.67. The molecule has 24 heavy (non-hydrogen) atoms. The van der Waals surface area contributed by atoms with Gasteiger partial charge in [-0.3, -0.25) is 4.99 Å². The summed E-state index contributed by atoms with van der Waals surface area (Å²) < 4.78 is 0. The number of benzene rings is 2. The van der Waals surface area contributed by atoms with E-state index in [4.69, 9.17) is 16.9 Å². The van der Waals surface area contributed by atoms with Gasteiger partial charge >= 0.3 is 0 Å². The fourth-order valence-corrected chi connectivity index (χ4v) is 2.87. The second-order valence-corrected chi connectivity index (χ2v) is 6.57. The van der Waals surface area contributed by atoms with Gasteiger partial charge in [0.25, 0.3) is 0 Å². The second kappa shape index (κ2) is 9.86. The Morgan fingerprint density at radius 2 is 1.83 bits per heavy atom. The molecule has 2 N–H and O–H groups in total. The lowest BCUT2D eigenvalue weighted by molar-refractivity contribution is 0.832. The zero-order chi connectivity index (χ0) is 17.2. The number of halogens is 1. The summed E-state index contributed by atoms with van der Waals surface area (Å²) in [7, 11) is 1.75. The molecule has 0 fully saturated rings. The molecule has 0 unspecified atom stereocenters. The van der Waals surface area contributed by atoms with Crippen LogP contribution in [0.1, 0.15) is 11.1 Å². The predicted molar refractivity (Wildman–Crippen MR) is 102 cm³/mol. The van der Waals surface area contributed by atoms with Gasteiger partial charge < -0.3 is 10.6 Å². The van der Waals surface area contributed by atoms with Crippen LogP contribution in [0.3, 0.4) is 0 Å². The van der Waals surface area contributed by atoms with E-state index < -0.39 is 0 Å². The third-order valence-electron chi connectivity index (χ3n) is 3.24. The molecule has 0 saturated carbocycles. The van der Waals surface area contributed by atoms with Crippen LogP contribution in [0, 0.1) is 11.3 Å². The van der Waals surface area contributed by atoms with Crippen molar-refractivity contribution < 1.29 is 0 Å². The molecular formula is C18H19ClN4S. The fraction of sp³-hybridized carbons (Fsp3) is 0.222. The molecule has 0 amide bonds. The first-order valence-corrected chi connectivity index (χ1v) is 8.89. The molecule has 2 aromatic carbocycles. The summed E-state index contributed by atoms with van der Waals surface area (Å²) in [6.07, 6.45) is 0. The number of rotatable bonds is 6. The van der Waals surface area contributed by atoms with Gasteiger partial charge in [-0.05, 0) is 42.0 Å². The minimum Gasteiger partial charge on any atom is -0.356 e. The molecule has 0 aliphatic heterocycles. The lowest BCUT2D eigenvalue weighted by Crippen LogP contribution is -2.37. The van der Waals surface area contributed by atoms with E-state index in [1.165, 1.54) is 4.90 Å². The van der Waals surface area contributed by atoms with Crippen LogP contribution in [0.4, 0.5) is 0 Å². The number of hydrogen-bond acceptors (Lipinski definition) is 3. The summed E-state index contributed by atoms with van der Waals surface area (Å²) >= 11 is 7.64. The number of aliphatic imine (C=N–C) groups is 1. The highest BCUT2D eigenvalue weighted by Crippen LogP contribution is 2.19. The normalized spacial score (nSPS) is 11.0. The van der Waals surface area contributed by atoms with Crippen LogP contribution in [-0.2, 0) is 6.54 Å². The Morgan fingerprint density at radius 3 is 2.46 bits per heavy atom. The van der Waals surface area contributed by atoms with E-state index in [1.54, 1.807) is 18.8 Å². The van der Waals surface area contributed by atoms with Crippen molar-refractivity contribution >= 4 is 29.3 Å². The molecule has 0 aromatic heterocycles. The Labute approximate surface area is 151 Å². The van der Waals surface area contributed by atoms with Gasteiger partial charge in [0.15, 0.2) is 5.96 Å². The smallest absolute Gasteiger partial charge is 0.191 e. The van der Waals surface area contributed by atoms with Crippen LogP contribution in [-0.4, -0.2) is 25.3 Å². The van der Waals surface area contributed by atoms with Crippen molar-refractivity contribution in [1.29, 1.82) is 5.26 Å². The van der Waals surface area contributed by atoms with Gasteiger partial charge in [-0.25, -0.2) is 0 Å². The zero-order valence-electron chi connectivity index (χ0n) is 13.4. The second-order valence-electron chi connectivity index (χ2n) is 4.96. The number of thioether (sulfide) groups is 1. The summed E-state index contributed by atoms with van der Waals surface area (Å²) in [5, 5.41) is 16.1. The van der Waals surface area contributed by atoms with Crippen molar-refractivity contribution in [3.05, 3.63) is 64.7 Å². The zero-order valence-corrected chi connectivity index (χ0v) is 15.0. The lowest BCUT2D eigenvalue weighted by Gasteiger charge is -2.12. The third-order valence-corrected chi connectivity index (χ3v) is 4.51. The largest absolute Gasteiger partial charge is 0.356 e. The van der Waals surface area contributed by atoms with Crippen LogP contribution < -0.4 is 10.6 Å². The number of nitrogens with one attached hydrogen (secondary N) is 2. The van der Waals surface area contributed by atoms with Gasteiger partial charge in [0, 0.05) is 35.8 Å². The van der Waals surface area contributed by atoms with Crippen molar-refractivity contribution in [1.82, 2.24) is 10.6 Å². The molecule has 4 nitrogen and oxygen atoms in total. The van der Waals surface area contributed by atoms with Crippen molar-refractivity contribution in [2.45, 2.75) is 11.4 Å². The first kappa shape index (κ1) is 18.2. The Morgan fingerprint density at radius 1 is 1.12 bits per heavy atom. The first-order chi connectivity index (χ1) is 11.7. The highest BCUT2D eigenvalue weighted by Gasteiger charge is 1.99. The fourth-order valence-electron chi connectivity index (χ4n) is 1.97. The van der Waals surface area contributed by atoms with Crippen LogP contribution in [0.15, 0.2) is 58.4 Å². The van der Waals surface area contributed by atoms with Crippen LogP contribution in [0.25, 0.3) is 0 Å². The number of hydrogen-bond donors (Lipinski definition) is 2. The average Bonchev–Trinajstić information content (AvgIpc) is 2.63. The summed E-state index contributed by atoms with van der Waals surface area (Å²) in [6, 6.07) is 17.5. The number of nitrogens with zero attached hydrogens (tertiary/aromatic N) is 2. The lowest BCUT2D eigenvalue weighted by atomic mass is 10.1. The van der Waals surface area contributed by atoms with Crippen molar-refractivity contribution in [3.8, 4) is 6.07 Å². The molecule has 6 heteroatoms. The van der Waals surface area contributed by atoms with Crippen LogP contribution in [0.2, 0.25) is 5.02 Å². The molecule has 0 radical (unpaired) electrons. The van der Waals surface area contributed by atoms with Gasteiger partial charge in [-0.2, -0.15) is 5.26 Å². The minimum atomic E-state index is 0.662. The number of nitriles is 1. The SMILES string of the molecule is CN=C(NCCSc1ccc(Cl)cc1)NCc1ccc(C#N)cc1. The van der Waals surface area contributed by atoms with E-state index in [2.05, 4.69) is 21.7 Å². The summed E-state index contributed by atoms with van der Waals surface area (Å²) in [6.45, 7) is 1.47. The van der Waals surface area contributed by atoms with E-state index in [1.807, 2.05) is 48.5 Å². The Hall–Kier alpha value is -2.16. The average molecular weight is 359 g/mol. The van der Waals surface area contributed by atoms with Crippen LogP contribution >= 0.6 is 23.4 Å². The summed E-state index contributed by atoms with van der Waals surface area (Å²) in [4.78, 5) is 5.40. The quantitative estimate of drug-likeness (QED) is 0.358. The molecular weight excluding hydrogens is 340 g/mol. The Kier molecular flexibility index (Phi) is 7.47. The summed E-state index contributed by atoms with van der Waals surface area (Å²) in [5.41, 5.74) is 1.77. The maximum atomic E-state index is 8.80. The van der Waals surface area contributed by atoms with Gasteiger partial charge in [0.1, 0.15) is 0 Å². The van der Waals surface area contributed by atoms with E-state index in [0.29, 0.717) is 12.1 Å². The summed E-state index contributed by atoms with van der Waals surface area (Å²) in [5.74, 6) is 1.69. The molecule has 0 atom stereocenters. The number of guanidine groups is 1. The minimum absolute atomic E-state index is 0.662. The molecule has 0 spiro atoms. The van der Waals surface area contributed by atoms with Gasteiger partial charge in [0.2, 0.25) is 0 Å². The maximum Gasteiger partial charge on any atom is 0.191 e. The monoisotopic (exact) mass is 358 g/mol. The maximum absolute atomic E-state index is 8.80. The topological polar surface area (TPSA) is 60.2 Å². The Balaban J connectivity index is 1.70. The van der Waals surface area contributed by atoms with Crippen molar-refractivity contribution in [3.63, 3.8) is 0 Å². The van der Waals surface area contributed by atoms with Crippen molar-refractivity contribution in [2.75, 3.05) is 19.3 Å². The molecule has 0 heterocycles. The van der Waals surface area contributed by atoms with Crippen molar-refractivity contribution in [2.24, 2.45) is 4.99 Å². The van der Waals surface area contributed by atoms with Gasteiger partial charge in [0.05, 0.1) is 11.6 Å². The van der Waals surface area contributed by atoms with E-state index in [9.17, 15) is 0 Å². The molecule has 0 aliphatic carbocycles. The highest BCUT2D eigenvalue weighted by atomic mass is 35.5. The Bertz CT molecular complexity index is 705.